The van der Waals surface area contributed by atoms with Gasteiger partial charge in [-0.1, -0.05) is 6.42 Å². The Balaban J connectivity index is 1.82. The lowest BCUT2D eigenvalue weighted by Gasteiger charge is -2.23. The number of nitrogens with one attached hydrogen (secondary N) is 1. The highest BCUT2D eigenvalue weighted by Gasteiger charge is 2.11. The molecular formula is C12H22N2O. The largest absolute Gasteiger partial charge is 0.381 e. The lowest BCUT2D eigenvalue weighted by atomic mass is 10.0. The fraction of sp³-hybridized carbons (Fsp3) is 0.917. The maximum atomic E-state index is 8.34. The molecule has 0 radical (unpaired) electrons. The Morgan fingerprint density at radius 1 is 1.27 bits per heavy atom. The van der Waals surface area contributed by atoms with Crippen LogP contribution in [0.3, 0.4) is 0 Å². The molecule has 15 heavy (non-hydrogen) atoms. The van der Waals surface area contributed by atoms with Crippen LogP contribution in [-0.4, -0.2) is 25.8 Å². The van der Waals surface area contributed by atoms with Crippen molar-refractivity contribution in [3.63, 3.8) is 0 Å². The van der Waals surface area contributed by atoms with Crippen LogP contribution < -0.4 is 5.32 Å². The molecule has 0 aliphatic carbocycles. The quantitative estimate of drug-likeness (QED) is 0.655. The second-order valence-corrected chi connectivity index (χ2v) is 4.16. The van der Waals surface area contributed by atoms with Crippen LogP contribution in [0.25, 0.3) is 0 Å². The molecule has 1 rings (SSSR count). The first-order chi connectivity index (χ1) is 7.43. The van der Waals surface area contributed by atoms with Crippen molar-refractivity contribution < 1.29 is 4.74 Å². The summed E-state index contributed by atoms with van der Waals surface area (Å²) in [4.78, 5) is 0. The number of ether oxygens (including phenoxy) is 1. The van der Waals surface area contributed by atoms with E-state index in [0.717, 1.165) is 32.5 Å². The number of nitriles is 1. The SMILES string of the molecule is N#CCCCCOCCC1CCCCN1. The maximum Gasteiger partial charge on any atom is 0.0621 e. The number of hydrogen-bond donors (Lipinski definition) is 1. The van der Waals surface area contributed by atoms with E-state index < -0.39 is 0 Å². The Morgan fingerprint density at radius 3 is 2.93 bits per heavy atom. The minimum atomic E-state index is 0.660. The molecule has 1 saturated heterocycles. The monoisotopic (exact) mass is 210 g/mol. The smallest absolute Gasteiger partial charge is 0.0621 e. The topological polar surface area (TPSA) is 45.0 Å². The van der Waals surface area contributed by atoms with Crippen LogP contribution in [0.1, 0.15) is 44.9 Å². The Bertz CT molecular complexity index is 183. The van der Waals surface area contributed by atoms with E-state index in [4.69, 9.17) is 10.00 Å². The molecule has 0 amide bonds. The van der Waals surface area contributed by atoms with Crippen molar-refractivity contribution in [3.8, 4) is 6.07 Å². The van der Waals surface area contributed by atoms with Gasteiger partial charge in [0.1, 0.15) is 0 Å². The second kappa shape index (κ2) is 8.70. The Kier molecular flexibility index (Phi) is 7.24. The van der Waals surface area contributed by atoms with Crippen LogP contribution >= 0.6 is 0 Å². The third-order valence-corrected chi connectivity index (χ3v) is 2.85. The van der Waals surface area contributed by atoms with Gasteiger partial charge in [-0.3, -0.25) is 0 Å². The van der Waals surface area contributed by atoms with Crippen molar-refractivity contribution in [3.05, 3.63) is 0 Å². The van der Waals surface area contributed by atoms with Crippen molar-refractivity contribution in [2.24, 2.45) is 0 Å². The van der Waals surface area contributed by atoms with Crippen molar-refractivity contribution >= 4 is 0 Å². The first kappa shape index (κ1) is 12.5. The maximum absolute atomic E-state index is 8.34. The summed E-state index contributed by atoms with van der Waals surface area (Å²) in [5, 5.41) is 11.8. The summed E-state index contributed by atoms with van der Waals surface area (Å²) in [7, 11) is 0. The summed E-state index contributed by atoms with van der Waals surface area (Å²) in [5.41, 5.74) is 0. The van der Waals surface area contributed by atoms with Gasteiger partial charge in [0.15, 0.2) is 0 Å². The van der Waals surface area contributed by atoms with Crippen LogP contribution in [0.5, 0.6) is 0 Å². The summed E-state index contributed by atoms with van der Waals surface area (Å²) in [5.74, 6) is 0. The molecule has 0 aromatic rings. The van der Waals surface area contributed by atoms with Gasteiger partial charge in [0.2, 0.25) is 0 Å². The third kappa shape index (κ3) is 6.48. The zero-order chi connectivity index (χ0) is 10.8. The van der Waals surface area contributed by atoms with Gasteiger partial charge in [0, 0.05) is 25.7 Å². The van der Waals surface area contributed by atoms with Crippen molar-refractivity contribution in [2.45, 2.75) is 51.0 Å². The highest BCUT2D eigenvalue weighted by atomic mass is 16.5. The van der Waals surface area contributed by atoms with Crippen molar-refractivity contribution in [1.82, 2.24) is 5.32 Å². The molecule has 0 spiro atoms. The lowest BCUT2D eigenvalue weighted by Crippen LogP contribution is -2.34. The van der Waals surface area contributed by atoms with Gasteiger partial charge in [0.05, 0.1) is 6.07 Å². The van der Waals surface area contributed by atoms with Crippen LogP contribution in [0.15, 0.2) is 0 Å². The molecular weight excluding hydrogens is 188 g/mol. The van der Waals surface area contributed by atoms with Crippen LogP contribution in [0.4, 0.5) is 0 Å². The Hall–Kier alpha value is -0.590. The van der Waals surface area contributed by atoms with E-state index in [1.165, 1.54) is 25.8 Å². The normalized spacial score (nSPS) is 21.1. The van der Waals surface area contributed by atoms with Gasteiger partial charge in [-0.25, -0.2) is 0 Å². The number of unbranched alkanes of at least 4 members (excludes halogenated alkanes) is 2. The molecule has 1 fully saturated rings. The molecule has 0 saturated carbocycles. The van der Waals surface area contributed by atoms with Gasteiger partial charge >= 0.3 is 0 Å². The summed E-state index contributed by atoms with van der Waals surface area (Å²) < 4.78 is 5.53. The average molecular weight is 210 g/mol. The molecule has 1 N–H and O–H groups in total. The van der Waals surface area contributed by atoms with E-state index in [9.17, 15) is 0 Å². The molecule has 0 aromatic carbocycles. The predicted octanol–water partition coefficient (Wildman–Crippen LogP) is 2.23. The van der Waals surface area contributed by atoms with E-state index in [1.807, 2.05) is 0 Å². The van der Waals surface area contributed by atoms with Gasteiger partial charge in [-0.2, -0.15) is 5.26 Å². The zero-order valence-corrected chi connectivity index (χ0v) is 9.50. The van der Waals surface area contributed by atoms with E-state index >= 15 is 0 Å². The molecule has 3 nitrogen and oxygen atoms in total. The molecule has 1 heterocycles. The van der Waals surface area contributed by atoms with Crippen molar-refractivity contribution in [1.29, 1.82) is 5.26 Å². The molecule has 1 atom stereocenters. The number of hydrogen-bond acceptors (Lipinski definition) is 3. The van der Waals surface area contributed by atoms with E-state index in [0.29, 0.717) is 12.5 Å². The van der Waals surface area contributed by atoms with Gasteiger partial charge < -0.3 is 10.1 Å². The van der Waals surface area contributed by atoms with Crippen molar-refractivity contribution in [2.75, 3.05) is 19.8 Å². The standard InChI is InChI=1S/C12H22N2O/c13-8-3-1-5-10-15-11-7-12-6-2-4-9-14-12/h12,14H,1-7,9-11H2. The van der Waals surface area contributed by atoms with Crippen LogP contribution in [0, 0.1) is 11.3 Å². The van der Waals surface area contributed by atoms with E-state index in [1.54, 1.807) is 0 Å². The van der Waals surface area contributed by atoms with Crippen LogP contribution in [-0.2, 0) is 4.74 Å². The summed E-state index contributed by atoms with van der Waals surface area (Å²) >= 11 is 0. The minimum absolute atomic E-state index is 0.660. The predicted molar refractivity (Wildman–Crippen MR) is 60.5 cm³/mol. The van der Waals surface area contributed by atoms with Gasteiger partial charge in [-0.05, 0) is 38.6 Å². The second-order valence-electron chi connectivity index (χ2n) is 4.16. The first-order valence-electron chi connectivity index (χ1n) is 6.11. The fourth-order valence-corrected chi connectivity index (χ4v) is 1.91. The van der Waals surface area contributed by atoms with E-state index in [-0.39, 0.29) is 0 Å². The Morgan fingerprint density at radius 2 is 2.20 bits per heavy atom. The Labute approximate surface area is 92.8 Å². The fourth-order valence-electron chi connectivity index (χ4n) is 1.91. The molecule has 0 bridgehead atoms. The third-order valence-electron chi connectivity index (χ3n) is 2.85. The number of rotatable bonds is 7. The number of nitrogens with zero attached hydrogens (tertiary/aromatic N) is 1. The first-order valence-corrected chi connectivity index (χ1v) is 6.11. The molecule has 3 heteroatoms. The average Bonchev–Trinajstić information content (AvgIpc) is 2.29. The van der Waals surface area contributed by atoms with Gasteiger partial charge in [-0.15, -0.1) is 0 Å². The molecule has 1 aliphatic heterocycles. The number of piperidine rings is 1. The lowest BCUT2D eigenvalue weighted by molar-refractivity contribution is 0.118. The highest BCUT2D eigenvalue weighted by molar-refractivity contribution is 4.71. The molecule has 1 aliphatic rings. The van der Waals surface area contributed by atoms with Gasteiger partial charge in [0.25, 0.3) is 0 Å². The summed E-state index contributed by atoms with van der Waals surface area (Å²) in [6, 6.07) is 2.82. The highest BCUT2D eigenvalue weighted by Crippen LogP contribution is 2.09. The van der Waals surface area contributed by atoms with E-state index in [2.05, 4.69) is 11.4 Å². The molecule has 86 valence electrons. The van der Waals surface area contributed by atoms with Crippen LogP contribution in [0.2, 0.25) is 0 Å². The molecule has 0 aromatic heterocycles. The summed E-state index contributed by atoms with van der Waals surface area (Å²) in [6.45, 7) is 2.85. The minimum Gasteiger partial charge on any atom is -0.381 e. The zero-order valence-electron chi connectivity index (χ0n) is 9.50. The molecule has 1 unspecified atom stereocenters. The summed E-state index contributed by atoms with van der Waals surface area (Å²) in [6.07, 6.45) is 7.78.